The number of primary amides is 1. The molecule has 158 valence electrons. The van der Waals surface area contributed by atoms with Gasteiger partial charge in [-0.25, -0.2) is 4.98 Å². The maximum atomic E-state index is 13.4. The molecule has 0 aromatic carbocycles. The van der Waals surface area contributed by atoms with Crippen molar-refractivity contribution in [2.75, 3.05) is 25.0 Å². The second-order valence-electron chi connectivity index (χ2n) is 7.48. The van der Waals surface area contributed by atoms with Crippen LogP contribution in [0.1, 0.15) is 28.9 Å². The number of aromatic amines is 1. The monoisotopic (exact) mass is 413 g/mol. The van der Waals surface area contributed by atoms with Crippen LogP contribution in [0.5, 0.6) is 0 Å². The molecule has 11 heteroatoms. The summed E-state index contributed by atoms with van der Waals surface area (Å²) in [6, 6.07) is 4.76. The van der Waals surface area contributed by atoms with Crippen LogP contribution < -0.4 is 16.8 Å². The zero-order valence-electron chi connectivity index (χ0n) is 16.4. The number of carbonyl (C=O) groups is 1. The molecular weight excluding hydrogens is 389 g/mol. The highest BCUT2D eigenvalue weighted by Crippen LogP contribution is 2.32. The first-order valence-electron chi connectivity index (χ1n) is 9.68. The van der Waals surface area contributed by atoms with Crippen LogP contribution in [-0.2, 0) is 12.1 Å². The number of nitrogens with zero attached hydrogens (tertiary/aromatic N) is 5. The summed E-state index contributed by atoms with van der Waals surface area (Å²) in [6.45, 7) is 2.79. The number of H-pyrrole nitrogens is 1. The molecule has 4 heterocycles. The zero-order valence-corrected chi connectivity index (χ0v) is 16.4. The van der Waals surface area contributed by atoms with E-state index in [0.717, 1.165) is 38.2 Å². The highest BCUT2D eigenvalue weighted by atomic mass is 19.1. The van der Waals surface area contributed by atoms with Crippen LogP contribution in [0.2, 0.25) is 0 Å². The molecule has 0 atom stereocenters. The summed E-state index contributed by atoms with van der Waals surface area (Å²) in [5.74, 6) is -0.994. The van der Waals surface area contributed by atoms with Crippen molar-refractivity contribution >= 4 is 17.4 Å². The van der Waals surface area contributed by atoms with Crippen molar-refractivity contribution in [3.05, 3.63) is 54.0 Å². The van der Waals surface area contributed by atoms with Gasteiger partial charge in [0.25, 0.3) is 5.91 Å². The molecule has 0 unspecified atom stereocenters. The van der Waals surface area contributed by atoms with Gasteiger partial charge in [0.15, 0.2) is 5.82 Å². The van der Waals surface area contributed by atoms with Crippen molar-refractivity contribution < 1.29 is 9.18 Å². The number of carbonyl (C=O) groups excluding carboxylic acids is 1. The van der Waals surface area contributed by atoms with Crippen LogP contribution in [0.25, 0.3) is 0 Å². The van der Waals surface area contributed by atoms with Crippen LogP contribution in [0.15, 0.2) is 36.8 Å². The van der Waals surface area contributed by atoms with Crippen LogP contribution in [0.3, 0.4) is 0 Å². The Morgan fingerprint density at radius 3 is 2.73 bits per heavy atom. The Bertz CT molecular complexity index is 1010. The second-order valence-corrected chi connectivity index (χ2v) is 7.48. The number of amides is 1. The minimum Gasteiger partial charge on any atom is -0.365 e. The highest BCUT2D eigenvalue weighted by molar-refractivity contribution is 5.98. The number of nitrogens with two attached hydrogens (primary N) is 2. The molecule has 1 amide bonds. The zero-order chi connectivity index (χ0) is 21.1. The third-order valence-corrected chi connectivity index (χ3v) is 5.57. The number of hydrogen-bond donors (Lipinski definition) is 4. The number of anilines is 2. The summed E-state index contributed by atoms with van der Waals surface area (Å²) >= 11 is 0. The van der Waals surface area contributed by atoms with Crippen molar-refractivity contribution in [2.45, 2.75) is 24.9 Å². The van der Waals surface area contributed by atoms with Gasteiger partial charge in [-0.2, -0.15) is 14.6 Å². The molecule has 1 saturated heterocycles. The predicted octanol–water partition coefficient (Wildman–Crippen LogP) is 0.933. The summed E-state index contributed by atoms with van der Waals surface area (Å²) in [4.78, 5) is 17.8. The third-order valence-electron chi connectivity index (χ3n) is 5.57. The Morgan fingerprint density at radius 2 is 2.10 bits per heavy atom. The van der Waals surface area contributed by atoms with E-state index in [1.165, 1.54) is 12.3 Å². The van der Waals surface area contributed by atoms with Crippen LogP contribution >= 0.6 is 0 Å². The maximum Gasteiger partial charge on any atom is 0.254 e. The number of piperidine rings is 1. The molecule has 1 fully saturated rings. The molecule has 0 radical (unpaired) electrons. The Balaban J connectivity index is 1.55. The molecule has 0 saturated carbocycles. The average molecular weight is 413 g/mol. The van der Waals surface area contributed by atoms with Gasteiger partial charge in [-0.3, -0.25) is 19.5 Å². The van der Waals surface area contributed by atoms with E-state index in [1.54, 1.807) is 23.1 Å². The van der Waals surface area contributed by atoms with Gasteiger partial charge in [-0.05, 0) is 25.0 Å². The fourth-order valence-electron chi connectivity index (χ4n) is 3.77. The number of hydrogen-bond acceptors (Lipinski definition) is 7. The third kappa shape index (κ3) is 4.02. The predicted molar refractivity (Wildman–Crippen MR) is 108 cm³/mol. The Morgan fingerprint density at radius 1 is 1.30 bits per heavy atom. The van der Waals surface area contributed by atoms with Crippen molar-refractivity contribution in [3.8, 4) is 0 Å². The van der Waals surface area contributed by atoms with Gasteiger partial charge in [0.2, 0.25) is 5.95 Å². The summed E-state index contributed by atoms with van der Waals surface area (Å²) in [5, 5.41) is 14.5. The molecule has 0 spiro atoms. The summed E-state index contributed by atoms with van der Waals surface area (Å²) in [7, 11) is 0. The first-order chi connectivity index (χ1) is 14.5. The lowest BCUT2D eigenvalue weighted by Crippen LogP contribution is -2.50. The van der Waals surface area contributed by atoms with Crippen LogP contribution in [-0.4, -0.2) is 55.4 Å². The quantitative estimate of drug-likeness (QED) is 0.422. The van der Waals surface area contributed by atoms with E-state index in [2.05, 4.69) is 30.5 Å². The smallest absolute Gasteiger partial charge is 0.254 e. The summed E-state index contributed by atoms with van der Waals surface area (Å²) in [6.07, 6.45) is 6.22. The highest BCUT2D eigenvalue weighted by Gasteiger charge is 2.37. The van der Waals surface area contributed by atoms with Crippen molar-refractivity contribution in [1.82, 2.24) is 29.9 Å². The molecular formula is C19H24FN9O. The first-order valence-corrected chi connectivity index (χ1v) is 9.68. The van der Waals surface area contributed by atoms with E-state index < -0.39 is 17.4 Å². The number of likely N-dealkylation sites (tertiary alicyclic amines) is 1. The van der Waals surface area contributed by atoms with Gasteiger partial charge >= 0.3 is 0 Å². The molecule has 0 bridgehead atoms. The largest absolute Gasteiger partial charge is 0.365 e. The van der Waals surface area contributed by atoms with Gasteiger partial charge in [-0.15, -0.1) is 0 Å². The molecule has 6 N–H and O–H groups in total. The van der Waals surface area contributed by atoms with Gasteiger partial charge in [0.05, 0.1) is 5.54 Å². The molecule has 4 rings (SSSR count). The maximum absolute atomic E-state index is 13.4. The molecule has 1 aliphatic heterocycles. The number of nitrogens with one attached hydrogen (secondary N) is 2. The van der Waals surface area contributed by atoms with Crippen molar-refractivity contribution in [2.24, 2.45) is 11.5 Å². The van der Waals surface area contributed by atoms with Gasteiger partial charge < -0.3 is 16.8 Å². The molecule has 1 aliphatic rings. The minimum absolute atomic E-state index is 0.222. The van der Waals surface area contributed by atoms with Crippen LogP contribution in [0.4, 0.5) is 15.9 Å². The second kappa shape index (κ2) is 8.20. The van der Waals surface area contributed by atoms with Crippen molar-refractivity contribution in [1.29, 1.82) is 0 Å². The van der Waals surface area contributed by atoms with E-state index >= 15 is 0 Å². The van der Waals surface area contributed by atoms with Gasteiger partial charge in [0.1, 0.15) is 5.56 Å². The first kappa shape index (κ1) is 20.0. The topological polar surface area (TPSA) is 144 Å². The number of pyridine rings is 1. The Kier molecular flexibility index (Phi) is 5.46. The fourth-order valence-corrected chi connectivity index (χ4v) is 3.77. The van der Waals surface area contributed by atoms with Crippen molar-refractivity contribution in [3.63, 3.8) is 0 Å². The van der Waals surface area contributed by atoms with Gasteiger partial charge in [-0.1, -0.05) is 0 Å². The van der Waals surface area contributed by atoms with E-state index in [0.29, 0.717) is 12.2 Å². The average Bonchev–Trinajstić information content (AvgIpc) is 3.39. The van der Waals surface area contributed by atoms with Gasteiger partial charge in [0, 0.05) is 62.2 Å². The summed E-state index contributed by atoms with van der Waals surface area (Å²) in [5.41, 5.74) is 13.0. The van der Waals surface area contributed by atoms with E-state index in [4.69, 9.17) is 11.5 Å². The lowest BCUT2D eigenvalue weighted by Gasteiger charge is -2.41. The molecule has 30 heavy (non-hydrogen) atoms. The molecule has 10 nitrogen and oxygen atoms in total. The lowest BCUT2D eigenvalue weighted by molar-refractivity contribution is 0.0980. The van der Waals surface area contributed by atoms with Crippen LogP contribution in [0, 0.1) is 5.95 Å². The standard InChI is InChI=1S/C19H24FN9O/c20-16-9-13(1-5-23-16)25-18-15(17(22)30)11-29(27-18)19(12-21)3-7-28(8-4-19)10-14-2-6-24-26-14/h1-2,5-6,9,11H,3-4,7-8,10,12,21H2,(H2,22,30)(H,24,26)(H,23,25,27). The van der Waals surface area contributed by atoms with E-state index in [9.17, 15) is 9.18 Å². The Hall–Kier alpha value is -3.31. The molecule has 3 aromatic heterocycles. The van der Waals surface area contributed by atoms with E-state index in [1.807, 2.05) is 6.07 Å². The number of rotatable bonds is 7. The molecule has 3 aromatic rings. The SMILES string of the molecule is NCC1(n2cc(C(N)=O)c(Nc3ccnc(F)c3)n2)CCN(Cc2ccn[nH]2)CC1. The van der Waals surface area contributed by atoms with E-state index in [-0.39, 0.29) is 11.4 Å². The Labute approximate surface area is 172 Å². The summed E-state index contributed by atoms with van der Waals surface area (Å²) < 4.78 is 15.2. The molecule has 0 aliphatic carbocycles. The minimum atomic E-state index is -0.636. The fraction of sp³-hybridized carbons (Fsp3) is 0.368. The lowest BCUT2D eigenvalue weighted by atomic mass is 9.87. The number of aromatic nitrogens is 5. The normalized spacial score (nSPS) is 16.5. The number of halogens is 1.